The molecule has 5 rings (SSSR count). The van der Waals surface area contributed by atoms with Crippen LogP contribution in [0.4, 0.5) is 4.79 Å². The highest BCUT2D eigenvalue weighted by Crippen LogP contribution is 2.44. The summed E-state index contributed by atoms with van der Waals surface area (Å²) in [5, 5.41) is 16.8. The lowest BCUT2D eigenvalue weighted by atomic mass is 9.94. The molecule has 2 aliphatic carbocycles. The van der Waals surface area contributed by atoms with Gasteiger partial charge in [0, 0.05) is 25.1 Å². The Morgan fingerprint density at radius 3 is 2.39 bits per heavy atom. The van der Waals surface area contributed by atoms with E-state index in [1.165, 1.54) is 5.69 Å². The number of hydrogen-bond acceptors (Lipinski definition) is 4. The number of carbonyl (C=O) groups excluding carboxylic acids is 1. The van der Waals surface area contributed by atoms with Gasteiger partial charge in [0.1, 0.15) is 12.6 Å². The van der Waals surface area contributed by atoms with Crippen LogP contribution in [0.3, 0.4) is 0 Å². The average Bonchev–Trinajstić information content (AvgIpc) is 3.32. The summed E-state index contributed by atoms with van der Waals surface area (Å²) >= 11 is 0. The minimum absolute atomic E-state index is 0.0748. The van der Waals surface area contributed by atoms with E-state index in [9.17, 15) is 14.7 Å². The number of nitrogens with one attached hydrogen (secondary N) is 1. The predicted octanol–water partition coefficient (Wildman–Crippen LogP) is 3.83. The first kappa shape index (κ1) is 21.2. The molecule has 1 heterocycles. The second-order valence-electron chi connectivity index (χ2n) is 8.77. The quantitative estimate of drug-likeness (QED) is 0.601. The summed E-state index contributed by atoms with van der Waals surface area (Å²) in [6.07, 6.45) is 3.46. The molecule has 1 atom stereocenters. The Kier molecular flexibility index (Phi) is 5.62. The summed E-state index contributed by atoms with van der Waals surface area (Å²) in [5.41, 5.74) is 7.56. The van der Waals surface area contributed by atoms with E-state index < -0.39 is 18.1 Å². The van der Waals surface area contributed by atoms with Crippen molar-refractivity contribution in [3.8, 4) is 11.1 Å². The Hall–Kier alpha value is -3.61. The number of rotatable bonds is 6. The fraction of sp³-hybridized carbons (Fsp3) is 0.346. The topological polar surface area (TPSA) is 93.5 Å². The molecule has 2 N–H and O–H groups in total. The molecule has 0 unspecified atom stereocenters. The average molecular weight is 446 g/mol. The maximum atomic E-state index is 12.6. The van der Waals surface area contributed by atoms with Gasteiger partial charge in [0.25, 0.3) is 0 Å². The summed E-state index contributed by atoms with van der Waals surface area (Å²) in [4.78, 5) is 24.5. The number of hydrogen-bond donors (Lipinski definition) is 2. The first-order chi connectivity index (χ1) is 16.0. The largest absolute Gasteiger partial charge is 0.480 e. The number of amides is 1. The van der Waals surface area contributed by atoms with Crippen LogP contribution in [0.5, 0.6) is 0 Å². The highest BCUT2D eigenvalue weighted by atomic mass is 16.5. The number of aromatic nitrogens is 2. The number of aliphatic carboxylic acids is 1. The Labute approximate surface area is 192 Å². The number of ether oxygens (including phenoxy) is 1. The normalized spacial score (nSPS) is 15.3. The highest BCUT2D eigenvalue weighted by molar-refractivity contribution is 5.81. The van der Waals surface area contributed by atoms with Crippen LogP contribution >= 0.6 is 0 Å². The van der Waals surface area contributed by atoms with Gasteiger partial charge in [0.2, 0.25) is 0 Å². The van der Waals surface area contributed by atoms with Crippen molar-refractivity contribution >= 4 is 12.1 Å². The number of aryl methyl sites for hydroxylation is 1. The number of nitrogens with zero attached hydrogens (tertiary/aromatic N) is 2. The first-order valence-corrected chi connectivity index (χ1v) is 11.4. The van der Waals surface area contributed by atoms with Crippen molar-refractivity contribution in [1.29, 1.82) is 0 Å². The lowest BCUT2D eigenvalue weighted by Crippen LogP contribution is -2.43. The Bertz CT molecular complexity index is 1170. The fourth-order valence-electron chi connectivity index (χ4n) is 5.20. The molecule has 0 fully saturated rings. The minimum atomic E-state index is -1.10. The van der Waals surface area contributed by atoms with Crippen LogP contribution < -0.4 is 5.32 Å². The van der Waals surface area contributed by atoms with Gasteiger partial charge in [-0.25, -0.2) is 9.59 Å². The van der Waals surface area contributed by atoms with E-state index >= 15 is 0 Å². The zero-order valence-corrected chi connectivity index (χ0v) is 18.6. The smallest absolute Gasteiger partial charge is 0.407 e. The molecule has 7 heteroatoms. The van der Waals surface area contributed by atoms with Crippen LogP contribution in [-0.4, -0.2) is 39.6 Å². The van der Waals surface area contributed by atoms with Crippen LogP contribution in [-0.2, 0) is 35.8 Å². The number of carboxylic acid groups (broad SMARTS) is 1. The summed E-state index contributed by atoms with van der Waals surface area (Å²) in [6.45, 7) is 0.144. The molecule has 0 saturated heterocycles. The van der Waals surface area contributed by atoms with Crippen molar-refractivity contribution in [3.05, 3.63) is 76.6 Å². The molecule has 7 nitrogen and oxygen atoms in total. The van der Waals surface area contributed by atoms with E-state index in [4.69, 9.17) is 4.74 Å². The second-order valence-corrected chi connectivity index (χ2v) is 8.77. The Morgan fingerprint density at radius 2 is 1.73 bits per heavy atom. The minimum Gasteiger partial charge on any atom is -0.480 e. The van der Waals surface area contributed by atoms with Gasteiger partial charge in [0.15, 0.2) is 0 Å². The number of alkyl carbamates (subject to hydrolysis) is 1. The van der Waals surface area contributed by atoms with Gasteiger partial charge < -0.3 is 15.2 Å². The SMILES string of the molecule is Cn1nc(C[C@H](NC(=O)OCC2c3ccccc3-c3ccccc32)C(=O)O)c2c1CCCC2. The number of carboxylic acids is 1. The van der Waals surface area contributed by atoms with Crippen molar-refractivity contribution in [3.63, 3.8) is 0 Å². The number of fused-ring (bicyclic) bond motifs is 4. The van der Waals surface area contributed by atoms with Crippen molar-refractivity contribution in [1.82, 2.24) is 15.1 Å². The third-order valence-electron chi connectivity index (χ3n) is 6.78. The van der Waals surface area contributed by atoms with Crippen LogP contribution in [0.2, 0.25) is 0 Å². The van der Waals surface area contributed by atoms with Gasteiger partial charge in [0.05, 0.1) is 5.69 Å². The summed E-state index contributed by atoms with van der Waals surface area (Å²) in [7, 11) is 1.89. The molecule has 170 valence electrons. The van der Waals surface area contributed by atoms with Gasteiger partial charge in [-0.2, -0.15) is 5.10 Å². The van der Waals surface area contributed by atoms with E-state index in [0.717, 1.165) is 59.2 Å². The standard InChI is InChI=1S/C26H27N3O4/c1-29-24-13-7-6-12-20(24)22(28-29)14-23(25(30)31)27-26(32)33-15-21-18-10-4-2-8-16(18)17-9-3-5-11-19(17)21/h2-5,8-11,21,23H,6-7,12-15H2,1H3,(H,27,32)(H,30,31)/t23-/m0/s1. The molecule has 3 aromatic rings. The molecule has 2 aliphatic rings. The molecule has 2 aromatic carbocycles. The highest BCUT2D eigenvalue weighted by Gasteiger charge is 2.30. The van der Waals surface area contributed by atoms with E-state index in [-0.39, 0.29) is 18.9 Å². The van der Waals surface area contributed by atoms with Gasteiger partial charge in [-0.3, -0.25) is 4.68 Å². The Morgan fingerprint density at radius 1 is 1.09 bits per heavy atom. The molecule has 0 saturated carbocycles. The Balaban J connectivity index is 1.27. The number of carbonyl (C=O) groups is 2. The molecular formula is C26H27N3O4. The molecule has 0 radical (unpaired) electrons. The summed E-state index contributed by atoms with van der Waals surface area (Å²) < 4.78 is 7.38. The van der Waals surface area contributed by atoms with E-state index in [1.807, 2.05) is 48.1 Å². The monoisotopic (exact) mass is 445 g/mol. The first-order valence-electron chi connectivity index (χ1n) is 11.4. The molecule has 0 bridgehead atoms. The van der Waals surface area contributed by atoms with Crippen LogP contribution in [0, 0.1) is 0 Å². The lowest BCUT2D eigenvalue weighted by Gasteiger charge is -2.18. The molecular weight excluding hydrogens is 418 g/mol. The van der Waals surface area contributed by atoms with Crippen molar-refractivity contribution < 1.29 is 19.4 Å². The van der Waals surface area contributed by atoms with Crippen molar-refractivity contribution in [2.75, 3.05) is 6.61 Å². The molecule has 1 amide bonds. The van der Waals surface area contributed by atoms with Crippen LogP contribution in [0.1, 0.15) is 46.8 Å². The molecule has 0 aliphatic heterocycles. The van der Waals surface area contributed by atoms with Gasteiger partial charge >= 0.3 is 12.1 Å². The second kappa shape index (κ2) is 8.73. The van der Waals surface area contributed by atoms with Crippen molar-refractivity contribution in [2.45, 2.75) is 44.1 Å². The molecule has 1 aromatic heterocycles. The fourth-order valence-corrected chi connectivity index (χ4v) is 5.20. The van der Waals surface area contributed by atoms with Crippen LogP contribution in [0.25, 0.3) is 11.1 Å². The van der Waals surface area contributed by atoms with E-state index in [1.54, 1.807) is 0 Å². The van der Waals surface area contributed by atoms with Crippen LogP contribution in [0.15, 0.2) is 48.5 Å². The van der Waals surface area contributed by atoms with Gasteiger partial charge in [-0.15, -0.1) is 0 Å². The summed E-state index contributed by atoms with van der Waals surface area (Å²) in [6, 6.07) is 15.1. The third kappa shape index (κ3) is 3.99. The summed E-state index contributed by atoms with van der Waals surface area (Å²) in [5.74, 6) is -1.17. The van der Waals surface area contributed by atoms with E-state index in [2.05, 4.69) is 22.5 Å². The van der Waals surface area contributed by atoms with E-state index in [0.29, 0.717) is 0 Å². The zero-order chi connectivity index (χ0) is 22.9. The zero-order valence-electron chi connectivity index (χ0n) is 18.6. The maximum absolute atomic E-state index is 12.6. The number of benzene rings is 2. The lowest BCUT2D eigenvalue weighted by molar-refractivity contribution is -0.139. The maximum Gasteiger partial charge on any atom is 0.407 e. The molecule has 33 heavy (non-hydrogen) atoms. The molecule has 0 spiro atoms. The predicted molar refractivity (Wildman–Crippen MR) is 123 cm³/mol. The van der Waals surface area contributed by atoms with Gasteiger partial charge in [-0.05, 0) is 53.5 Å². The van der Waals surface area contributed by atoms with Crippen molar-refractivity contribution in [2.24, 2.45) is 7.05 Å². The van der Waals surface area contributed by atoms with Gasteiger partial charge in [-0.1, -0.05) is 48.5 Å². The third-order valence-corrected chi connectivity index (χ3v) is 6.78.